The normalized spacial score (nSPS) is 29.6. The fourth-order valence-corrected chi connectivity index (χ4v) is 2.88. The maximum absolute atomic E-state index is 12.9. The number of halogens is 1. The summed E-state index contributed by atoms with van der Waals surface area (Å²) in [6, 6.07) is 1.17. The van der Waals surface area contributed by atoms with Gasteiger partial charge in [-0.1, -0.05) is 13.8 Å². The van der Waals surface area contributed by atoms with Gasteiger partial charge in [-0.3, -0.25) is 4.90 Å². The summed E-state index contributed by atoms with van der Waals surface area (Å²) in [4.78, 5) is 2.55. The molecule has 0 spiro atoms. The number of alkyl halides is 1. The quantitative estimate of drug-likeness (QED) is 0.750. The van der Waals surface area contributed by atoms with Crippen LogP contribution in [0.4, 0.5) is 4.39 Å². The van der Waals surface area contributed by atoms with E-state index in [-0.39, 0.29) is 6.10 Å². The van der Waals surface area contributed by atoms with E-state index in [9.17, 15) is 4.39 Å². The molecule has 1 rings (SSSR count). The van der Waals surface area contributed by atoms with Crippen molar-refractivity contribution in [2.24, 2.45) is 5.92 Å². The first-order valence-electron chi connectivity index (χ1n) is 6.97. The van der Waals surface area contributed by atoms with E-state index in [0.717, 1.165) is 25.8 Å². The zero-order valence-electron chi connectivity index (χ0n) is 11.9. The smallest absolute Gasteiger partial charge is 0.196 e. The van der Waals surface area contributed by atoms with Gasteiger partial charge < -0.3 is 4.74 Å². The van der Waals surface area contributed by atoms with E-state index >= 15 is 0 Å². The molecule has 3 heteroatoms. The number of ether oxygens (including phenoxy) is 1. The van der Waals surface area contributed by atoms with Crippen LogP contribution in [0.25, 0.3) is 0 Å². The zero-order chi connectivity index (χ0) is 13.0. The van der Waals surface area contributed by atoms with Crippen LogP contribution in [0.15, 0.2) is 0 Å². The molecule has 0 aromatic carbocycles. The molecule has 0 saturated carbocycles. The lowest BCUT2D eigenvalue weighted by molar-refractivity contribution is -0.0780. The van der Waals surface area contributed by atoms with Gasteiger partial charge in [0.25, 0.3) is 0 Å². The molecule has 0 aromatic rings. The average Bonchev–Trinajstić information content (AvgIpc) is 2.39. The van der Waals surface area contributed by atoms with E-state index in [1.807, 2.05) is 0 Å². The summed E-state index contributed by atoms with van der Waals surface area (Å²) >= 11 is 0. The lowest BCUT2D eigenvalue weighted by Crippen LogP contribution is -2.43. The molecule has 0 aliphatic carbocycles. The Morgan fingerprint density at radius 3 is 2.18 bits per heavy atom. The van der Waals surface area contributed by atoms with Crippen molar-refractivity contribution in [3.8, 4) is 0 Å². The number of hydrogen-bond acceptors (Lipinski definition) is 2. The van der Waals surface area contributed by atoms with Crippen LogP contribution in [-0.4, -0.2) is 36.0 Å². The summed E-state index contributed by atoms with van der Waals surface area (Å²) < 4.78 is 18.2. The molecule has 3 atom stereocenters. The highest BCUT2D eigenvalue weighted by Crippen LogP contribution is 2.26. The van der Waals surface area contributed by atoms with Gasteiger partial charge in [-0.15, -0.1) is 0 Å². The second kappa shape index (κ2) is 6.69. The molecule has 0 radical (unpaired) electrons. The largest absolute Gasteiger partial charge is 0.345 e. The van der Waals surface area contributed by atoms with Crippen molar-refractivity contribution in [3.63, 3.8) is 0 Å². The second-order valence-corrected chi connectivity index (χ2v) is 5.81. The minimum atomic E-state index is -1.14. The Morgan fingerprint density at radius 2 is 1.71 bits per heavy atom. The van der Waals surface area contributed by atoms with E-state index in [2.05, 4.69) is 32.6 Å². The Bertz CT molecular complexity index is 200. The van der Waals surface area contributed by atoms with Crippen LogP contribution in [0.3, 0.4) is 0 Å². The Hall–Kier alpha value is -0.150. The number of nitrogens with zero attached hydrogens (tertiary/aromatic N) is 1. The Morgan fingerprint density at radius 1 is 1.06 bits per heavy atom. The number of likely N-dealkylation sites (tertiary alicyclic amines) is 1. The molecule has 3 unspecified atom stereocenters. The van der Waals surface area contributed by atoms with Gasteiger partial charge in [0, 0.05) is 18.6 Å². The first kappa shape index (κ1) is 14.9. The maximum Gasteiger partial charge on any atom is 0.196 e. The van der Waals surface area contributed by atoms with Gasteiger partial charge in [-0.05, 0) is 46.0 Å². The van der Waals surface area contributed by atoms with E-state index < -0.39 is 6.36 Å². The van der Waals surface area contributed by atoms with Crippen molar-refractivity contribution in [1.82, 2.24) is 4.90 Å². The summed E-state index contributed by atoms with van der Waals surface area (Å²) in [5.41, 5.74) is 0. The van der Waals surface area contributed by atoms with Gasteiger partial charge in [-0.2, -0.15) is 0 Å². The molecule has 1 heterocycles. The molecule has 1 fully saturated rings. The van der Waals surface area contributed by atoms with Gasteiger partial charge in [-0.25, -0.2) is 4.39 Å². The van der Waals surface area contributed by atoms with Crippen LogP contribution in [0.5, 0.6) is 0 Å². The highest BCUT2D eigenvalue weighted by atomic mass is 19.1. The standard InChI is InChI=1S/C14H28FNO/c1-10(2)14-7-6-13(17-12(5)15)8-9-16(14)11(3)4/h10-14H,6-9H2,1-5H3. The van der Waals surface area contributed by atoms with E-state index in [1.54, 1.807) is 0 Å². The maximum atomic E-state index is 12.9. The van der Waals surface area contributed by atoms with Crippen LogP contribution in [-0.2, 0) is 4.74 Å². The first-order valence-corrected chi connectivity index (χ1v) is 6.97. The van der Waals surface area contributed by atoms with E-state index in [1.165, 1.54) is 6.92 Å². The van der Waals surface area contributed by atoms with Gasteiger partial charge in [0.05, 0.1) is 6.10 Å². The van der Waals surface area contributed by atoms with Crippen LogP contribution in [0, 0.1) is 5.92 Å². The number of rotatable bonds is 4. The predicted molar refractivity (Wildman–Crippen MR) is 69.8 cm³/mol. The topological polar surface area (TPSA) is 12.5 Å². The van der Waals surface area contributed by atoms with Gasteiger partial charge >= 0.3 is 0 Å². The Labute approximate surface area is 106 Å². The minimum absolute atomic E-state index is 0.0972. The van der Waals surface area contributed by atoms with Gasteiger partial charge in [0.1, 0.15) is 0 Å². The van der Waals surface area contributed by atoms with Crippen molar-refractivity contribution in [1.29, 1.82) is 0 Å². The molecule has 1 saturated heterocycles. The number of hydrogen-bond donors (Lipinski definition) is 0. The minimum Gasteiger partial charge on any atom is -0.345 e. The second-order valence-electron chi connectivity index (χ2n) is 5.81. The molecule has 0 amide bonds. The molecule has 0 N–H and O–H groups in total. The summed E-state index contributed by atoms with van der Waals surface area (Å²) in [6.07, 6.45) is 2.02. The highest BCUT2D eigenvalue weighted by molar-refractivity contribution is 4.83. The lowest BCUT2D eigenvalue weighted by atomic mass is 9.97. The molecule has 1 aliphatic heterocycles. The molecular formula is C14H28FNO. The van der Waals surface area contributed by atoms with Crippen molar-refractivity contribution in [2.75, 3.05) is 6.54 Å². The molecule has 0 bridgehead atoms. The van der Waals surface area contributed by atoms with E-state index in [4.69, 9.17) is 4.74 Å². The monoisotopic (exact) mass is 245 g/mol. The molecule has 102 valence electrons. The third-order valence-corrected chi connectivity index (χ3v) is 3.73. The molecular weight excluding hydrogens is 217 g/mol. The van der Waals surface area contributed by atoms with Crippen LogP contribution in [0.1, 0.15) is 53.9 Å². The SMILES string of the molecule is CC(F)OC1CCC(C(C)C)N(C(C)C)CC1. The van der Waals surface area contributed by atoms with Crippen LogP contribution >= 0.6 is 0 Å². The van der Waals surface area contributed by atoms with Crippen molar-refractivity contribution in [2.45, 2.75) is 78.4 Å². The van der Waals surface area contributed by atoms with Gasteiger partial charge in [0.2, 0.25) is 0 Å². The van der Waals surface area contributed by atoms with Gasteiger partial charge in [0.15, 0.2) is 6.36 Å². The zero-order valence-corrected chi connectivity index (χ0v) is 11.9. The summed E-state index contributed by atoms with van der Waals surface area (Å²) in [5.74, 6) is 0.652. The molecule has 17 heavy (non-hydrogen) atoms. The summed E-state index contributed by atoms with van der Waals surface area (Å²) in [5, 5.41) is 0. The lowest BCUT2D eigenvalue weighted by Gasteiger charge is -2.35. The van der Waals surface area contributed by atoms with Crippen LogP contribution in [0.2, 0.25) is 0 Å². The fraction of sp³-hybridized carbons (Fsp3) is 1.00. The van der Waals surface area contributed by atoms with Crippen molar-refractivity contribution in [3.05, 3.63) is 0 Å². The Balaban J connectivity index is 2.62. The molecule has 0 aromatic heterocycles. The van der Waals surface area contributed by atoms with Crippen molar-refractivity contribution < 1.29 is 9.13 Å². The van der Waals surface area contributed by atoms with E-state index in [0.29, 0.717) is 18.0 Å². The average molecular weight is 245 g/mol. The highest BCUT2D eigenvalue weighted by Gasteiger charge is 2.29. The first-order chi connectivity index (χ1) is 7.91. The predicted octanol–water partition coefficient (Wildman–Crippen LogP) is 3.61. The molecule has 2 nitrogen and oxygen atoms in total. The summed E-state index contributed by atoms with van der Waals surface area (Å²) in [6.45, 7) is 11.5. The third kappa shape index (κ3) is 4.55. The third-order valence-electron chi connectivity index (χ3n) is 3.73. The van der Waals surface area contributed by atoms with Crippen LogP contribution < -0.4 is 0 Å². The van der Waals surface area contributed by atoms with Crippen molar-refractivity contribution >= 4 is 0 Å². The fourth-order valence-electron chi connectivity index (χ4n) is 2.88. The summed E-state index contributed by atoms with van der Waals surface area (Å²) in [7, 11) is 0. The molecule has 1 aliphatic rings. The Kier molecular flexibility index (Phi) is 5.87.